The Balaban J connectivity index is 1.57. The van der Waals surface area contributed by atoms with E-state index in [1.165, 1.54) is 5.56 Å². The molecule has 0 fully saturated rings. The van der Waals surface area contributed by atoms with Gasteiger partial charge in [-0.2, -0.15) is 0 Å². The van der Waals surface area contributed by atoms with Gasteiger partial charge in [0.15, 0.2) is 0 Å². The first-order valence-electron chi connectivity index (χ1n) is 9.30. The van der Waals surface area contributed by atoms with Gasteiger partial charge in [0.25, 0.3) is 0 Å². The van der Waals surface area contributed by atoms with Gasteiger partial charge in [-0.1, -0.05) is 30.3 Å². The molecule has 0 aliphatic carbocycles. The SMILES string of the molecule is NCC(=O)NCC(=O)Nc1ccc(CC(=O)N2CCCc3ccccc32)cc1. The van der Waals surface area contributed by atoms with E-state index in [-0.39, 0.29) is 30.8 Å². The third kappa shape index (κ3) is 4.95. The summed E-state index contributed by atoms with van der Waals surface area (Å²) >= 11 is 0. The molecular weight excluding hydrogens is 356 g/mol. The minimum absolute atomic E-state index is 0.0634. The lowest BCUT2D eigenvalue weighted by atomic mass is 10.0. The van der Waals surface area contributed by atoms with E-state index in [2.05, 4.69) is 16.7 Å². The molecule has 0 aromatic heterocycles. The van der Waals surface area contributed by atoms with Gasteiger partial charge in [0, 0.05) is 17.9 Å². The number of rotatable bonds is 6. The molecular formula is C21H24N4O3. The average molecular weight is 380 g/mol. The fraction of sp³-hybridized carbons (Fsp3) is 0.286. The summed E-state index contributed by atoms with van der Waals surface area (Å²) in [7, 11) is 0. The van der Waals surface area contributed by atoms with E-state index < -0.39 is 0 Å². The summed E-state index contributed by atoms with van der Waals surface area (Å²) in [5, 5.41) is 5.10. The highest BCUT2D eigenvalue weighted by molar-refractivity contribution is 5.96. The zero-order chi connectivity index (χ0) is 19.9. The maximum Gasteiger partial charge on any atom is 0.243 e. The summed E-state index contributed by atoms with van der Waals surface area (Å²) in [5.74, 6) is -0.660. The van der Waals surface area contributed by atoms with Crippen LogP contribution in [0, 0.1) is 0 Å². The molecule has 2 aromatic carbocycles. The molecule has 0 spiro atoms. The number of aryl methyl sites for hydroxylation is 1. The lowest BCUT2D eigenvalue weighted by molar-refractivity contribution is -0.123. The summed E-state index contributed by atoms with van der Waals surface area (Å²) in [6.45, 7) is 0.445. The Hall–Kier alpha value is -3.19. The molecule has 0 saturated carbocycles. The van der Waals surface area contributed by atoms with Crippen LogP contribution in [0.3, 0.4) is 0 Å². The van der Waals surface area contributed by atoms with Crippen LogP contribution < -0.4 is 21.3 Å². The zero-order valence-electron chi connectivity index (χ0n) is 15.6. The van der Waals surface area contributed by atoms with E-state index in [1.54, 1.807) is 12.1 Å². The van der Waals surface area contributed by atoms with Gasteiger partial charge >= 0.3 is 0 Å². The fourth-order valence-electron chi connectivity index (χ4n) is 3.22. The van der Waals surface area contributed by atoms with E-state index in [9.17, 15) is 14.4 Å². The quantitative estimate of drug-likeness (QED) is 0.701. The van der Waals surface area contributed by atoms with Gasteiger partial charge in [0.2, 0.25) is 17.7 Å². The number of carbonyl (C=O) groups is 3. The normalized spacial score (nSPS) is 12.8. The van der Waals surface area contributed by atoms with Crippen molar-refractivity contribution in [1.29, 1.82) is 0 Å². The Morgan fingerprint density at radius 3 is 2.50 bits per heavy atom. The van der Waals surface area contributed by atoms with Crippen molar-refractivity contribution < 1.29 is 14.4 Å². The van der Waals surface area contributed by atoms with Crippen LogP contribution in [-0.2, 0) is 27.2 Å². The molecule has 2 aromatic rings. The molecule has 0 unspecified atom stereocenters. The minimum Gasteiger partial charge on any atom is -0.346 e. The Morgan fingerprint density at radius 2 is 1.75 bits per heavy atom. The minimum atomic E-state index is -0.386. The topological polar surface area (TPSA) is 105 Å². The zero-order valence-corrected chi connectivity index (χ0v) is 15.6. The van der Waals surface area contributed by atoms with Crippen LogP contribution in [-0.4, -0.2) is 37.4 Å². The van der Waals surface area contributed by atoms with Crippen molar-refractivity contribution in [1.82, 2.24) is 5.32 Å². The number of benzene rings is 2. The van der Waals surface area contributed by atoms with Gasteiger partial charge < -0.3 is 21.3 Å². The number of hydrogen-bond acceptors (Lipinski definition) is 4. The average Bonchev–Trinajstić information content (AvgIpc) is 2.73. The Labute approximate surface area is 163 Å². The van der Waals surface area contributed by atoms with Crippen molar-refractivity contribution in [3.8, 4) is 0 Å². The molecule has 3 rings (SSSR count). The predicted molar refractivity (Wildman–Crippen MR) is 108 cm³/mol. The molecule has 0 bridgehead atoms. The molecule has 146 valence electrons. The fourth-order valence-corrected chi connectivity index (χ4v) is 3.22. The molecule has 1 aliphatic heterocycles. The first-order chi connectivity index (χ1) is 13.6. The van der Waals surface area contributed by atoms with Gasteiger partial charge in [-0.25, -0.2) is 0 Å². The number of hydrogen-bond donors (Lipinski definition) is 3. The molecule has 0 atom stereocenters. The highest BCUT2D eigenvalue weighted by Gasteiger charge is 2.22. The number of anilines is 2. The van der Waals surface area contributed by atoms with E-state index in [0.29, 0.717) is 12.1 Å². The Kier molecular flexibility index (Phi) is 6.39. The second-order valence-electron chi connectivity index (χ2n) is 6.68. The third-order valence-corrected chi connectivity index (χ3v) is 4.64. The van der Waals surface area contributed by atoms with Gasteiger partial charge in [0.1, 0.15) is 0 Å². The van der Waals surface area contributed by atoms with Crippen LogP contribution in [0.4, 0.5) is 11.4 Å². The maximum atomic E-state index is 12.8. The second-order valence-corrected chi connectivity index (χ2v) is 6.68. The van der Waals surface area contributed by atoms with Crippen molar-refractivity contribution in [3.05, 3.63) is 59.7 Å². The van der Waals surface area contributed by atoms with Crippen molar-refractivity contribution in [3.63, 3.8) is 0 Å². The van der Waals surface area contributed by atoms with Crippen molar-refractivity contribution in [2.45, 2.75) is 19.3 Å². The Morgan fingerprint density at radius 1 is 1.00 bits per heavy atom. The van der Waals surface area contributed by atoms with Crippen molar-refractivity contribution in [2.75, 3.05) is 29.9 Å². The molecule has 1 aliphatic rings. The Bertz CT molecular complexity index is 864. The van der Waals surface area contributed by atoms with Gasteiger partial charge in [-0.05, 0) is 42.2 Å². The predicted octanol–water partition coefficient (Wildman–Crippen LogP) is 1.22. The molecule has 0 saturated heterocycles. The molecule has 1 heterocycles. The molecule has 4 N–H and O–H groups in total. The summed E-state index contributed by atoms with van der Waals surface area (Å²) in [6.07, 6.45) is 2.27. The summed E-state index contributed by atoms with van der Waals surface area (Å²) < 4.78 is 0. The second kappa shape index (κ2) is 9.14. The number of nitrogens with zero attached hydrogens (tertiary/aromatic N) is 1. The monoisotopic (exact) mass is 380 g/mol. The van der Waals surface area contributed by atoms with Crippen LogP contribution in [0.1, 0.15) is 17.5 Å². The molecule has 7 heteroatoms. The number of nitrogens with one attached hydrogen (secondary N) is 2. The molecule has 28 heavy (non-hydrogen) atoms. The van der Waals surface area contributed by atoms with E-state index in [1.807, 2.05) is 35.2 Å². The number of nitrogens with two attached hydrogens (primary N) is 1. The van der Waals surface area contributed by atoms with Crippen molar-refractivity contribution >= 4 is 29.1 Å². The van der Waals surface area contributed by atoms with E-state index in [0.717, 1.165) is 30.6 Å². The number of para-hydroxylation sites is 1. The maximum absolute atomic E-state index is 12.8. The summed E-state index contributed by atoms with van der Waals surface area (Å²) in [4.78, 5) is 37.5. The highest BCUT2D eigenvalue weighted by atomic mass is 16.2. The van der Waals surface area contributed by atoms with Crippen molar-refractivity contribution in [2.24, 2.45) is 5.73 Å². The lowest BCUT2D eigenvalue weighted by Gasteiger charge is -2.29. The van der Waals surface area contributed by atoms with Crippen LogP contribution in [0.15, 0.2) is 48.5 Å². The van der Waals surface area contributed by atoms with Crippen LogP contribution in [0.5, 0.6) is 0 Å². The first-order valence-corrected chi connectivity index (χ1v) is 9.30. The summed E-state index contributed by atoms with van der Waals surface area (Å²) in [5.41, 5.74) is 8.87. The standard InChI is InChI=1S/C21H24N4O3/c22-13-19(26)23-14-20(27)24-17-9-7-15(8-10-17)12-21(28)25-11-3-5-16-4-1-2-6-18(16)25/h1-2,4,6-10H,3,5,11-14,22H2,(H,23,26)(H,24,27). The van der Waals surface area contributed by atoms with Crippen LogP contribution in [0.25, 0.3) is 0 Å². The number of amides is 3. The summed E-state index contributed by atoms with van der Waals surface area (Å²) in [6, 6.07) is 15.2. The number of carbonyl (C=O) groups excluding carboxylic acids is 3. The van der Waals surface area contributed by atoms with E-state index in [4.69, 9.17) is 5.73 Å². The smallest absolute Gasteiger partial charge is 0.243 e. The van der Waals surface area contributed by atoms with Gasteiger partial charge in [-0.3, -0.25) is 14.4 Å². The molecule has 7 nitrogen and oxygen atoms in total. The van der Waals surface area contributed by atoms with Gasteiger partial charge in [0.05, 0.1) is 19.5 Å². The van der Waals surface area contributed by atoms with Crippen LogP contribution >= 0.6 is 0 Å². The van der Waals surface area contributed by atoms with E-state index >= 15 is 0 Å². The van der Waals surface area contributed by atoms with Gasteiger partial charge in [-0.15, -0.1) is 0 Å². The largest absolute Gasteiger partial charge is 0.346 e. The van der Waals surface area contributed by atoms with Crippen LogP contribution in [0.2, 0.25) is 0 Å². The highest BCUT2D eigenvalue weighted by Crippen LogP contribution is 2.27. The number of fused-ring (bicyclic) bond motifs is 1. The lowest BCUT2D eigenvalue weighted by Crippen LogP contribution is -2.36. The molecule has 3 amide bonds. The molecule has 0 radical (unpaired) electrons. The third-order valence-electron chi connectivity index (χ3n) is 4.64. The first kappa shape index (κ1) is 19.6.